The second kappa shape index (κ2) is 10.4. The quantitative estimate of drug-likeness (QED) is 0.475. The Balaban J connectivity index is 1.93. The molecule has 0 amide bonds. The van der Waals surface area contributed by atoms with Crippen LogP contribution in [0.5, 0.6) is 5.75 Å². The first-order valence-corrected chi connectivity index (χ1v) is 9.48. The molecule has 2 aromatic carbocycles. The van der Waals surface area contributed by atoms with Gasteiger partial charge in [0.25, 0.3) is 0 Å². The first-order chi connectivity index (χ1) is 13.0. The predicted molar refractivity (Wildman–Crippen MR) is 112 cm³/mol. The van der Waals surface area contributed by atoms with Crippen molar-refractivity contribution in [1.29, 1.82) is 0 Å². The van der Waals surface area contributed by atoms with Gasteiger partial charge in [-0.2, -0.15) is 0 Å². The third-order valence-electron chi connectivity index (χ3n) is 4.05. The third-order valence-corrected chi connectivity index (χ3v) is 4.05. The van der Waals surface area contributed by atoms with Crippen LogP contribution in [0.1, 0.15) is 50.8 Å². The molecule has 0 aliphatic carbocycles. The van der Waals surface area contributed by atoms with Crippen LogP contribution in [0.25, 0.3) is 0 Å². The van der Waals surface area contributed by atoms with Gasteiger partial charge in [-0.15, -0.1) is 0 Å². The van der Waals surface area contributed by atoms with Crippen molar-refractivity contribution in [1.82, 2.24) is 0 Å². The second-order valence-electron chi connectivity index (χ2n) is 7.11. The Hall–Kier alpha value is -2.79. The van der Waals surface area contributed by atoms with Gasteiger partial charge in [-0.1, -0.05) is 36.5 Å². The number of ketones is 1. The van der Waals surface area contributed by atoms with E-state index >= 15 is 0 Å². The van der Waals surface area contributed by atoms with Crippen LogP contribution in [-0.2, 0) is 11.2 Å². The van der Waals surface area contributed by atoms with E-state index in [0.717, 1.165) is 28.9 Å². The van der Waals surface area contributed by atoms with E-state index < -0.39 is 0 Å². The molecular formula is C25H28O2. The standard InChI is InChI=1S/C25H28O2/c1-5-27-25-14-12-22(13-15-25)7-6-21-8-10-23(11-9-21)17-20(4)18-24(26)16-19(2)3/h8-16,20H,5,17-18H2,1-4H3. The summed E-state index contributed by atoms with van der Waals surface area (Å²) in [6.07, 6.45) is 3.22. The zero-order valence-electron chi connectivity index (χ0n) is 16.7. The van der Waals surface area contributed by atoms with E-state index in [0.29, 0.717) is 18.9 Å². The smallest absolute Gasteiger partial charge is 0.155 e. The first-order valence-electron chi connectivity index (χ1n) is 9.48. The normalized spacial score (nSPS) is 11.1. The average Bonchev–Trinajstić information content (AvgIpc) is 2.61. The van der Waals surface area contributed by atoms with Gasteiger partial charge >= 0.3 is 0 Å². The largest absolute Gasteiger partial charge is 0.494 e. The Morgan fingerprint density at radius 1 is 1.00 bits per heavy atom. The van der Waals surface area contributed by atoms with Crippen molar-refractivity contribution in [3.05, 3.63) is 76.9 Å². The number of carbonyl (C=O) groups is 1. The van der Waals surface area contributed by atoms with E-state index in [2.05, 4.69) is 30.9 Å². The Bertz CT molecular complexity index is 827. The second-order valence-corrected chi connectivity index (χ2v) is 7.11. The summed E-state index contributed by atoms with van der Waals surface area (Å²) in [7, 11) is 0. The summed E-state index contributed by atoms with van der Waals surface area (Å²) >= 11 is 0. The van der Waals surface area contributed by atoms with Gasteiger partial charge in [0.1, 0.15) is 5.75 Å². The minimum Gasteiger partial charge on any atom is -0.494 e. The summed E-state index contributed by atoms with van der Waals surface area (Å²) in [6.45, 7) is 8.67. The molecule has 2 rings (SSSR count). The molecule has 2 nitrogen and oxygen atoms in total. The van der Waals surface area contributed by atoms with Gasteiger partial charge < -0.3 is 4.74 Å². The maximum Gasteiger partial charge on any atom is 0.155 e. The van der Waals surface area contributed by atoms with Crippen molar-refractivity contribution in [2.75, 3.05) is 6.61 Å². The molecule has 2 aromatic rings. The number of hydrogen-bond donors (Lipinski definition) is 0. The van der Waals surface area contributed by atoms with E-state index in [1.165, 1.54) is 5.56 Å². The topological polar surface area (TPSA) is 26.3 Å². The maximum atomic E-state index is 11.9. The van der Waals surface area contributed by atoms with Gasteiger partial charge in [-0.3, -0.25) is 4.79 Å². The molecule has 0 aliphatic heterocycles. The molecule has 0 saturated heterocycles. The lowest BCUT2D eigenvalue weighted by Crippen LogP contribution is -2.06. The fourth-order valence-corrected chi connectivity index (χ4v) is 2.87. The Morgan fingerprint density at radius 3 is 2.07 bits per heavy atom. The van der Waals surface area contributed by atoms with E-state index in [1.54, 1.807) is 6.08 Å². The van der Waals surface area contributed by atoms with Gasteiger partial charge in [0.2, 0.25) is 0 Å². The summed E-state index contributed by atoms with van der Waals surface area (Å²) in [4.78, 5) is 11.9. The van der Waals surface area contributed by atoms with Crippen molar-refractivity contribution in [3.8, 4) is 17.6 Å². The molecule has 0 saturated carbocycles. The Morgan fingerprint density at radius 2 is 1.56 bits per heavy atom. The molecule has 140 valence electrons. The zero-order chi connectivity index (χ0) is 19.6. The maximum absolute atomic E-state index is 11.9. The Labute approximate surface area is 163 Å². The Kier molecular flexibility index (Phi) is 7.89. The van der Waals surface area contributed by atoms with E-state index in [4.69, 9.17) is 4.74 Å². The first kappa shape index (κ1) is 20.5. The van der Waals surface area contributed by atoms with Gasteiger partial charge in [-0.05, 0) is 81.1 Å². The molecule has 0 aromatic heterocycles. The molecule has 0 N–H and O–H groups in total. The van der Waals surface area contributed by atoms with Crippen molar-refractivity contribution in [3.63, 3.8) is 0 Å². The lowest BCUT2D eigenvalue weighted by molar-refractivity contribution is -0.115. The molecule has 1 atom stereocenters. The van der Waals surface area contributed by atoms with Crippen LogP contribution < -0.4 is 4.74 Å². The van der Waals surface area contributed by atoms with Crippen molar-refractivity contribution >= 4 is 5.78 Å². The fourth-order valence-electron chi connectivity index (χ4n) is 2.87. The number of hydrogen-bond acceptors (Lipinski definition) is 2. The van der Waals surface area contributed by atoms with Crippen LogP contribution in [0, 0.1) is 17.8 Å². The molecule has 0 bridgehead atoms. The molecule has 0 radical (unpaired) electrons. The molecule has 0 heterocycles. The summed E-state index contributed by atoms with van der Waals surface area (Å²) < 4.78 is 5.44. The molecule has 0 aliphatic rings. The molecule has 1 unspecified atom stereocenters. The number of ether oxygens (including phenoxy) is 1. The van der Waals surface area contributed by atoms with E-state index in [1.807, 2.05) is 57.2 Å². The SMILES string of the molecule is CCOc1ccc(C#Cc2ccc(CC(C)CC(=O)C=C(C)C)cc2)cc1. The van der Waals surface area contributed by atoms with Gasteiger partial charge in [0, 0.05) is 17.5 Å². The van der Waals surface area contributed by atoms with Crippen LogP contribution in [0.2, 0.25) is 0 Å². The summed E-state index contributed by atoms with van der Waals surface area (Å²) in [5, 5.41) is 0. The average molecular weight is 360 g/mol. The molecule has 0 fully saturated rings. The van der Waals surface area contributed by atoms with Crippen molar-refractivity contribution in [2.24, 2.45) is 5.92 Å². The highest BCUT2D eigenvalue weighted by molar-refractivity contribution is 5.90. The summed E-state index contributed by atoms with van der Waals surface area (Å²) in [6, 6.07) is 16.1. The van der Waals surface area contributed by atoms with E-state index in [-0.39, 0.29) is 5.78 Å². The van der Waals surface area contributed by atoms with Crippen molar-refractivity contribution in [2.45, 2.75) is 40.5 Å². The highest BCUT2D eigenvalue weighted by atomic mass is 16.5. The molecule has 27 heavy (non-hydrogen) atoms. The molecule has 2 heteroatoms. The zero-order valence-corrected chi connectivity index (χ0v) is 16.7. The number of allylic oxidation sites excluding steroid dienone is 2. The van der Waals surface area contributed by atoms with Crippen molar-refractivity contribution < 1.29 is 9.53 Å². The summed E-state index contributed by atoms with van der Waals surface area (Å²) in [5.74, 6) is 7.77. The lowest BCUT2D eigenvalue weighted by atomic mass is 9.95. The fraction of sp³-hybridized carbons (Fsp3) is 0.320. The van der Waals surface area contributed by atoms with Crippen LogP contribution in [0.4, 0.5) is 0 Å². The van der Waals surface area contributed by atoms with Crippen LogP contribution in [0.15, 0.2) is 60.2 Å². The van der Waals surface area contributed by atoms with Crippen LogP contribution in [0.3, 0.4) is 0 Å². The minimum absolute atomic E-state index is 0.209. The highest BCUT2D eigenvalue weighted by Crippen LogP contribution is 2.15. The van der Waals surface area contributed by atoms with Gasteiger partial charge in [0.15, 0.2) is 5.78 Å². The van der Waals surface area contributed by atoms with Crippen LogP contribution in [-0.4, -0.2) is 12.4 Å². The number of rotatable bonds is 7. The predicted octanol–water partition coefficient (Wildman–Crippen LogP) is 5.59. The number of benzene rings is 2. The van der Waals surface area contributed by atoms with E-state index in [9.17, 15) is 4.79 Å². The minimum atomic E-state index is 0.209. The van der Waals surface area contributed by atoms with Crippen LogP contribution >= 0.6 is 0 Å². The van der Waals surface area contributed by atoms with Gasteiger partial charge in [-0.25, -0.2) is 0 Å². The lowest BCUT2D eigenvalue weighted by Gasteiger charge is -2.09. The molecular weight excluding hydrogens is 332 g/mol. The highest BCUT2D eigenvalue weighted by Gasteiger charge is 2.08. The number of carbonyl (C=O) groups excluding carboxylic acids is 1. The monoisotopic (exact) mass is 360 g/mol. The third kappa shape index (κ3) is 7.54. The van der Waals surface area contributed by atoms with Gasteiger partial charge in [0.05, 0.1) is 6.61 Å². The molecule has 0 spiro atoms. The summed E-state index contributed by atoms with van der Waals surface area (Å²) in [5.41, 5.74) is 4.25.